The number of carbonyl (C=O) groups is 1. The maximum Gasteiger partial charge on any atom is 0.257 e. The third-order valence-corrected chi connectivity index (χ3v) is 7.26. The van der Waals surface area contributed by atoms with Crippen molar-refractivity contribution in [1.82, 2.24) is 10.2 Å². The van der Waals surface area contributed by atoms with Crippen molar-refractivity contribution in [3.05, 3.63) is 95.1 Å². The Hall–Kier alpha value is -3.56. The number of hydrogen-bond acceptors (Lipinski definition) is 6. The molecule has 1 N–H and O–H groups in total. The molecule has 0 bridgehead atoms. The van der Waals surface area contributed by atoms with Gasteiger partial charge in [-0.25, -0.2) is 8.42 Å². The van der Waals surface area contributed by atoms with Crippen molar-refractivity contribution < 1.29 is 13.2 Å². The smallest absolute Gasteiger partial charge is 0.257 e. The Labute approximate surface area is 203 Å². The van der Waals surface area contributed by atoms with E-state index in [2.05, 4.69) is 15.5 Å². The number of carbonyl (C=O) groups excluding carboxylic acids is 1. The van der Waals surface area contributed by atoms with Gasteiger partial charge >= 0.3 is 0 Å². The van der Waals surface area contributed by atoms with Crippen molar-refractivity contribution in [1.29, 1.82) is 0 Å². The number of anilines is 2. The lowest BCUT2D eigenvalue weighted by Crippen LogP contribution is -2.30. The van der Waals surface area contributed by atoms with E-state index in [1.54, 1.807) is 24.3 Å². The quantitative estimate of drug-likeness (QED) is 0.390. The summed E-state index contributed by atoms with van der Waals surface area (Å²) >= 11 is 1.30. The molecule has 9 heteroatoms. The van der Waals surface area contributed by atoms with E-state index in [9.17, 15) is 13.2 Å². The molecule has 0 radical (unpaired) electrons. The molecule has 0 saturated heterocycles. The van der Waals surface area contributed by atoms with Gasteiger partial charge in [0, 0.05) is 11.1 Å². The molecule has 0 unspecified atom stereocenters. The van der Waals surface area contributed by atoms with Gasteiger partial charge in [0.25, 0.3) is 5.91 Å². The maximum atomic E-state index is 12.7. The first kappa shape index (κ1) is 23.6. The van der Waals surface area contributed by atoms with Crippen molar-refractivity contribution in [3.63, 3.8) is 0 Å². The highest BCUT2D eigenvalue weighted by Gasteiger charge is 2.20. The fourth-order valence-corrected chi connectivity index (χ4v) is 5.12. The molecule has 3 aromatic carbocycles. The SMILES string of the molecule is Cc1ccc(C)c(N(Cc2ccc(C(=O)Nc3nnc(-c4ccccc4)s3)cc2)S(C)(=O)=O)c1. The van der Waals surface area contributed by atoms with Crippen LogP contribution in [0.5, 0.6) is 0 Å². The molecule has 4 aromatic rings. The van der Waals surface area contributed by atoms with Gasteiger partial charge in [-0.05, 0) is 48.7 Å². The number of nitrogens with one attached hydrogen (secondary N) is 1. The predicted molar refractivity (Wildman–Crippen MR) is 137 cm³/mol. The Balaban J connectivity index is 1.48. The minimum absolute atomic E-state index is 0.169. The van der Waals surface area contributed by atoms with Crippen molar-refractivity contribution in [3.8, 4) is 10.6 Å². The molecule has 0 aliphatic heterocycles. The average Bonchev–Trinajstić information content (AvgIpc) is 3.28. The Morgan fingerprint density at radius 2 is 1.68 bits per heavy atom. The summed E-state index contributed by atoms with van der Waals surface area (Å²) in [5, 5.41) is 12.1. The molecule has 0 aliphatic carbocycles. The van der Waals surface area contributed by atoms with E-state index in [0.29, 0.717) is 16.4 Å². The van der Waals surface area contributed by atoms with Gasteiger partial charge in [-0.1, -0.05) is 65.9 Å². The number of rotatable bonds is 7. The standard InChI is InChI=1S/C25H24N4O3S2/c1-17-9-10-18(2)22(15-17)29(34(3,31)32)16-19-11-13-20(14-12-19)23(30)26-25-28-27-24(33-25)21-7-5-4-6-8-21/h4-15H,16H2,1-3H3,(H,26,28,30). The monoisotopic (exact) mass is 492 g/mol. The topological polar surface area (TPSA) is 92.3 Å². The Morgan fingerprint density at radius 3 is 2.35 bits per heavy atom. The number of hydrogen-bond donors (Lipinski definition) is 1. The summed E-state index contributed by atoms with van der Waals surface area (Å²) in [6.45, 7) is 3.98. The van der Waals surface area contributed by atoms with Crippen LogP contribution in [-0.4, -0.2) is 30.8 Å². The number of sulfonamides is 1. The molecular weight excluding hydrogens is 468 g/mol. The van der Waals surface area contributed by atoms with Crippen LogP contribution in [0.1, 0.15) is 27.0 Å². The van der Waals surface area contributed by atoms with Crippen LogP contribution in [0.25, 0.3) is 10.6 Å². The van der Waals surface area contributed by atoms with Gasteiger partial charge < -0.3 is 0 Å². The summed E-state index contributed by atoms with van der Waals surface area (Å²) < 4.78 is 26.5. The number of benzene rings is 3. The van der Waals surface area contributed by atoms with Crippen LogP contribution < -0.4 is 9.62 Å². The first-order valence-corrected chi connectivity index (χ1v) is 13.2. The van der Waals surface area contributed by atoms with E-state index in [-0.39, 0.29) is 12.5 Å². The fourth-order valence-electron chi connectivity index (χ4n) is 3.44. The second kappa shape index (κ2) is 9.74. The maximum absolute atomic E-state index is 12.7. The van der Waals surface area contributed by atoms with Crippen molar-refractivity contribution in [2.24, 2.45) is 0 Å². The van der Waals surface area contributed by atoms with Gasteiger partial charge in [0.05, 0.1) is 18.5 Å². The van der Waals surface area contributed by atoms with E-state index < -0.39 is 10.0 Å². The van der Waals surface area contributed by atoms with Crippen LogP contribution in [0.15, 0.2) is 72.8 Å². The highest BCUT2D eigenvalue weighted by molar-refractivity contribution is 7.92. The largest absolute Gasteiger partial charge is 0.296 e. The first-order chi connectivity index (χ1) is 16.2. The van der Waals surface area contributed by atoms with Gasteiger partial charge in [0.15, 0.2) is 0 Å². The summed E-state index contributed by atoms with van der Waals surface area (Å²) in [5.74, 6) is -0.309. The Morgan fingerprint density at radius 1 is 0.971 bits per heavy atom. The van der Waals surface area contributed by atoms with Gasteiger partial charge in [-0.3, -0.25) is 14.4 Å². The van der Waals surface area contributed by atoms with E-state index in [0.717, 1.165) is 27.3 Å². The summed E-state index contributed by atoms with van der Waals surface area (Å²) in [6.07, 6.45) is 1.20. The van der Waals surface area contributed by atoms with E-state index >= 15 is 0 Å². The third kappa shape index (κ3) is 5.49. The zero-order valence-electron chi connectivity index (χ0n) is 19.0. The lowest BCUT2D eigenvalue weighted by atomic mass is 10.1. The summed E-state index contributed by atoms with van der Waals surface area (Å²) in [7, 11) is -3.50. The number of nitrogens with zero attached hydrogens (tertiary/aromatic N) is 3. The second-order valence-corrected chi connectivity index (χ2v) is 10.9. The number of aromatic nitrogens is 2. The van der Waals surface area contributed by atoms with E-state index in [1.807, 2.05) is 62.4 Å². The highest BCUT2D eigenvalue weighted by Crippen LogP contribution is 2.27. The minimum atomic E-state index is -3.50. The summed E-state index contributed by atoms with van der Waals surface area (Å²) in [5.41, 5.74) is 4.65. The fraction of sp³-hybridized carbons (Fsp3) is 0.160. The zero-order valence-corrected chi connectivity index (χ0v) is 20.7. The van der Waals surface area contributed by atoms with Gasteiger partial charge in [-0.15, -0.1) is 10.2 Å². The Bertz CT molecular complexity index is 1420. The Kier molecular flexibility index (Phi) is 6.76. The van der Waals surface area contributed by atoms with Crippen molar-refractivity contribution in [2.75, 3.05) is 15.9 Å². The normalized spacial score (nSPS) is 11.3. The number of amides is 1. The molecular formula is C25H24N4O3S2. The van der Waals surface area contributed by atoms with Crippen LogP contribution in [0.2, 0.25) is 0 Å². The van der Waals surface area contributed by atoms with Crippen molar-refractivity contribution in [2.45, 2.75) is 20.4 Å². The molecule has 7 nitrogen and oxygen atoms in total. The molecule has 0 aliphatic rings. The molecule has 0 fully saturated rings. The van der Waals surface area contributed by atoms with Crippen molar-refractivity contribution >= 4 is 38.1 Å². The third-order valence-electron chi connectivity index (χ3n) is 5.24. The molecule has 0 atom stereocenters. The molecule has 1 amide bonds. The second-order valence-electron chi connectivity index (χ2n) is 7.99. The molecule has 1 aromatic heterocycles. The highest BCUT2D eigenvalue weighted by atomic mass is 32.2. The molecule has 1 heterocycles. The molecule has 174 valence electrons. The van der Waals surface area contributed by atoms with Crippen LogP contribution in [0.3, 0.4) is 0 Å². The van der Waals surface area contributed by atoms with E-state index in [1.165, 1.54) is 21.9 Å². The lowest BCUT2D eigenvalue weighted by molar-refractivity contribution is 0.102. The zero-order chi connectivity index (χ0) is 24.3. The molecule has 0 saturated carbocycles. The van der Waals surface area contributed by atoms with Crippen LogP contribution in [0.4, 0.5) is 10.8 Å². The van der Waals surface area contributed by atoms with E-state index in [4.69, 9.17) is 0 Å². The van der Waals surface area contributed by atoms with Crippen LogP contribution >= 0.6 is 11.3 Å². The minimum Gasteiger partial charge on any atom is -0.296 e. The molecule has 4 rings (SSSR count). The molecule has 0 spiro atoms. The average molecular weight is 493 g/mol. The number of aryl methyl sites for hydroxylation is 2. The first-order valence-electron chi connectivity index (χ1n) is 10.5. The molecule has 34 heavy (non-hydrogen) atoms. The van der Waals surface area contributed by atoms with Crippen LogP contribution in [-0.2, 0) is 16.6 Å². The predicted octanol–water partition coefficient (Wildman–Crippen LogP) is 5.04. The van der Waals surface area contributed by atoms with Crippen LogP contribution in [0, 0.1) is 13.8 Å². The van der Waals surface area contributed by atoms with Gasteiger partial charge in [-0.2, -0.15) is 0 Å². The summed E-state index contributed by atoms with van der Waals surface area (Å²) in [6, 6.07) is 22.2. The van der Waals surface area contributed by atoms with Gasteiger partial charge in [0.2, 0.25) is 15.2 Å². The lowest BCUT2D eigenvalue weighted by Gasteiger charge is -2.25. The summed E-state index contributed by atoms with van der Waals surface area (Å²) in [4.78, 5) is 12.7. The van der Waals surface area contributed by atoms with Gasteiger partial charge in [0.1, 0.15) is 5.01 Å².